The van der Waals surface area contributed by atoms with Gasteiger partial charge in [-0.25, -0.2) is 0 Å². The highest BCUT2D eigenvalue weighted by molar-refractivity contribution is 5.28. The fourth-order valence-electron chi connectivity index (χ4n) is 1.47. The molecule has 0 spiro atoms. The second kappa shape index (κ2) is 7.04. The first-order chi connectivity index (χ1) is 7.77. The van der Waals surface area contributed by atoms with Gasteiger partial charge in [0.1, 0.15) is 6.20 Å². The van der Waals surface area contributed by atoms with E-state index in [2.05, 4.69) is 30.2 Å². The molecule has 0 aromatic carbocycles. The van der Waals surface area contributed by atoms with Crippen molar-refractivity contribution in [3.63, 3.8) is 0 Å². The van der Waals surface area contributed by atoms with Crippen LogP contribution in [0.15, 0.2) is 6.07 Å². The highest BCUT2D eigenvalue weighted by Gasteiger charge is 2.09. The highest BCUT2D eigenvalue weighted by atomic mass is 16.5. The van der Waals surface area contributed by atoms with Gasteiger partial charge in [0.15, 0.2) is 5.75 Å². The molecule has 16 heavy (non-hydrogen) atoms. The van der Waals surface area contributed by atoms with Crippen LogP contribution in [0.4, 0.5) is 0 Å². The summed E-state index contributed by atoms with van der Waals surface area (Å²) >= 11 is 0. The zero-order valence-corrected chi connectivity index (χ0v) is 9.94. The Balaban J connectivity index is 2.40. The van der Waals surface area contributed by atoms with Gasteiger partial charge in [-0.3, -0.25) is 0 Å². The molecular formula is C12H19N2O2. The van der Waals surface area contributed by atoms with Crippen molar-refractivity contribution in [1.82, 2.24) is 10.2 Å². The van der Waals surface area contributed by atoms with Crippen molar-refractivity contribution in [3.05, 3.63) is 12.3 Å². The van der Waals surface area contributed by atoms with Crippen LogP contribution in [-0.2, 0) is 0 Å². The number of rotatable bonds is 7. The van der Waals surface area contributed by atoms with E-state index in [-0.39, 0.29) is 11.6 Å². The third kappa shape index (κ3) is 4.04. The van der Waals surface area contributed by atoms with Crippen LogP contribution in [0.3, 0.4) is 0 Å². The van der Waals surface area contributed by atoms with Crippen molar-refractivity contribution >= 4 is 0 Å². The fraction of sp³-hybridized carbons (Fsp3) is 0.667. The third-order valence-electron chi connectivity index (χ3n) is 2.62. The lowest BCUT2D eigenvalue weighted by Gasteiger charge is -2.14. The second-order valence-electron chi connectivity index (χ2n) is 3.89. The zero-order valence-electron chi connectivity index (χ0n) is 9.94. The second-order valence-corrected chi connectivity index (χ2v) is 3.89. The van der Waals surface area contributed by atoms with Gasteiger partial charge >= 0.3 is 0 Å². The van der Waals surface area contributed by atoms with Gasteiger partial charge in [0.2, 0.25) is 0 Å². The molecule has 0 aliphatic carbocycles. The van der Waals surface area contributed by atoms with Crippen molar-refractivity contribution in [2.24, 2.45) is 5.92 Å². The first-order valence-corrected chi connectivity index (χ1v) is 5.83. The number of unbranched alkanes of at least 4 members (excludes halogenated alkanes) is 1. The summed E-state index contributed by atoms with van der Waals surface area (Å²) in [5, 5.41) is 16.7. The fourth-order valence-corrected chi connectivity index (χ4v) is 1.47. The molecule has 0 aliphatic heterocycles. The van der Waals surface area contributed by atoms with Gasteiger partial charge in [0, 0.05) is 6.07 Å². The Kier molecular flexibility index (Phi) is 5.61. The third-order valence-corrected chi connectivity index (χ3v) is 2.62. The Morgan fingerprint density at radius 2 is 2.31 bits per heavy atom. The predicted octanol–water partition coefficient (Wildman–Crippen LogP) is 2.58. The summed E-state index contributed by atoms with van der Waals surface area (Å²) in [7, 11) is 0. The van der Waals surface area contributed by atoms with Gasteiger partial charge in [-0.05, 0) is 12.3 Å². The molecule has 4 heteroatoms. The van der Waals surface area contributed by atoms with Gasteiger partial charge in [0.25, 0.3) is 5.88 Å². The van der Waals surface area contributed by atoms with E-state index < -0.39 is 0 Å². The van der Waals surface area contributed by atoms with Crippen LogP contribution in [0, 0.1) is 12.1 Å². The molecule has 1 rings (SSSR count). The molecule has 0 amide bonds. The van der Waals surface area contributed by atoms with E-state index in [0.29, 0.717) is 12.5 Å². The Labute approximate surface area is 96.7 Å². The number of hydrogen-bond donors (Lipinski definition) is 1. The molecule has 0 aliphatic rings. The van der Waals surface area contributed by atoms with Crippen LogP contribution in [0.1, 0.15) is 39.5 Å². The Bertz CT molecular complexity index is 305. The standard InChI is InChI=1S/C12H19N2O2/c1-3-5-6-10(4-2)9-16-12-11(15)7-8-13-14-12/h7,10H,3-6,9H2,1-2H3,(H,13,15). The highest BCUT2D eigenvalue weighted by Crippen LogP contribution is 2.22. The van der Waals surface area contributed by atoms with E-state index in [1.165, 1.54) is 18.9 Å². The summed E-state index contributed by atoms with van der Waals surface area (Å²) in [6.07, 6.45) is 7.08. The number of aromatic hydroxyl groups is 1. The average Bonchev–Trinajstić information content (AvgIpc) is 2.31. The normalized spacial score (nSPS) is 12.4. The Hall–Kier alpha value is -1.32. The molecule has 0 fully saturated rings. The minimum Gasteiger partial charge on any atom is -0.503 e. The van der Waals surface area contributed by atoms with Crippen LogP contribution in [0.25, 0.3) is 0 Å². The van der Waals surface area contributed by atoms with Crippen molar-refractivity contribution in [2.75, 3.05) is 6.61 Å². The van der Waals surface area contributed by atoms with Crippen LogP contribution < -0.4 is 4.74 Å². The van der Waals surface area contributed by atoms with Gasteiger partial charge in [-0.15, -0.1) is 10.2 Å². The molecule has 1 N–H and O–H groups in total. The van der Waals surface area contributed by atoms with Crippen LogP contribution in [-0.4, -0.2) is 21.9 Å². The van der Waals surface area contributed by atoms with Crippen molar-refractivity contribution in [3.8, 4) is 11.6 Å². The summed E-state index contributed by atoms with van der Waals surface area (Å²) in [4.78, 5) is 0. The summed E-state index contributed by atoms with van der Waals surface area (Å²) in [5.41, 5.74) is 0. The maximum atomic E-state index is 9.41. The molecule has 4 nitrogen and oxygen atoms in total. The van der Waals surface area contributed by atoms with E-state index in [1.807, 2.05) is 0 Å². The minimum absolute atomic E-state index is 0.000319. The molecule has 1 radical (unpaired) electrons. The molecule has 1 unspecified atom stereocenters. The van der Waals surface area contributed by atoms with Crippen molar-refractivity contribution < 1.29 is 9.84 Å². The summed E-state index contributed by atoms with van der Waals surface area (Å²) in [5.74, 6) is 0.722. The Morgan fingerprint density at radius 1 is 1.50 bits per heavy atom. The molecule has 1 heterocycles. The quantitative estimate of drug-likeness (QED) is 0.772. The lowest BCUT2D eigenvalue weighted by molar-refractivity contribution is 0.215. The van der Waals surface area contributed by atoms with E-state index in [4.69, 9.17) is 4.74 Å². The van der Waals surface area contributed by atoms with E-state index >= 15 is 0 Å². The minimum atomic E-state index is 0.000319. The van der Waals surface area contributed by atoms with Crippen LogP contribution in [0.2, 0.25) is 0 Å². The average molecular weight is 223 g/mol. The molecule has 0 saturated heterocycles. The molecular weight excluding hydrogens is 204 g/mol. The van der Waals surface area contributed by atoms with Gasteiger partial charge < -0.3 is 9.84 Å². The van der Waals surface area contributed by atoms with Gasteiger partial charge in [0.05, 0.1) is 6.61 Å². The summed E-state index contributed by atoms with van der Waals surface area (Å²) in [6.45, 7) is 4.91. The first-order valence-electron chi connectivity index (χ1n) is 5.83. The predicted molar refractivity (Wildman–Crippen MR) is 61.3 cm³/mol. The molecule has 1 aromatic rings. The molecule has 1 atom stereocenters. The first kappa shape index (κ1) is 12.7. The monoisotopic (exact) mass is 223 g/mol. The largest absolute Gasteiger partial charge is 0.503 e. The molecule has 89 valence electrons. The topological polar surface area (TPSA) is 55.2 Å². The molecule has 0 saturated carbocycles. The van der Waals surface area contributed by atoms with Crippen LogP contribution >= 0.6 is 0 Å². The number of hydrogen-bond acceptors (Lipinski definition) is 4. The van der Waals surface area contributed by atoms with E-state index in [0.717, 1.165) is 12.8 Å². The SMILES string of the molecule is CCCCC(CC)COc1nn[c]cc1O. The zero-order chi connectivity index (χ0) is 11.8. The van der Waals surface area contributed by atoms with E-state index in [9.17, 15) is 5.11 Å². The number of nitrogens with zero attached hydrogens (tertiary/aromatic N) is 2. The van der Waals surface area contributed by atoms with Crippen molar-refractivity contribution in [2.45, 2.75) is 39.5 Å². The van der Waals surface area contributed by atoms with Crippen LogP contribution in [0.5, 0.6) is 11.6 Å². The maximum Gasteiger partial charge on any atom is 0.276 e. The maximum absolute atomic E-state index is 9.41. The smallest absolute Gasteiger partial charge is 0.276 e. The molecule has 1 aromatic heterocycles. The van der Waals surface area contributed by atoms with Crippen molar-refractivity contribution in [1.29, 1.82) is 0 Å². The lowest BCUT2D eigenvalue weighted by atomic mass is 10.0. The number of aromatic nitrogens is 2. The number of ether oxygens (including phenoxy) is 1. The van der Waals surface area contributed by atoms with E-state index in [1.54, 1.807) is 0 Å². The lowest BCUT2D eigenvalue weighted by Crippen LogP contribution is -2.12. The summed E-state index contributed by atoms with van der Waals surface area (Å²) < 4.78 is 5.44. The Morgan fingerprint density at radius 3 is 2.94 bits per heavy atom. The molecule has 0 bridgehead atoms. The van der Waals surface area contributed by atoms with Gasteiger partial charge in [-0.1, -0.05) is 33.1 Å². The van der Waals surface area contributed by atoms with Gasteiger partial charge in [-0.2, -0.15) is 0 Å². The summed E-state index contributed by atoms with van der Waals surface area (Å²) in [6, 6.07) is 1.36.